The van der Waals surface area contributed by atoms with Crippen LogP contribution in [0.4, 0.5) is 0 Å². The van der Waals surface area contributed by atoms with E-state index in [0.29, 0.717) is 43.5 Å². The van der Waals surface area contributed by atoms with E-state index in [2.05, 4.69) is 9.88 Å². The van der Waals surface area contributed by atoms with Gasteiger partial charge in [0.25, 0.3) is 0 Å². The SMILES string of the molecule is CCOc1ccccc1/C=C1\Oc2c3c(cc(C)c2C1=O)OCN(Cc1cccnc1)C3. The van der Waals surface area contributed by atoms with E-state index in [1.165, 1.54) is 0 Å². The van der Waals surface area contributed by atoms with Crippen LogP contribution in [0.25, 0.3) is 6.08 Å². The number of ketones is 1. The summed E-state index contributed by atoms with van der Waals surface area (Å²) in [7, 11) is 0. The van der Waals surface area contributed by atoms with E-state index in [4.69, 9.17) is 14.2 Å². The minimum atomic E-state index is -0.115. The normalized spacial score (nSPS) is 16.3. The van der Waals surface area contributed by atoms with Crippen LogP contribution in [0.2, 0.25) is 0 Å². The number of Topliss-reactive ketones (excluding diaryl/α,β-unsaturated/α-hetero) is 1. The molecule has 0 spiro atoms. The molecule has 5 rings (SSSR count). The van der Waals surface area contributed by atoms with Crippen LogP contribution < -0.4 is 14.2 Å². The predicted molar refractivity (Wildman–Crippen MR) is 121 cm³/mol. The Morgan fingerprint density at radius 1 is 1.22 bits per heavy atom. The highest BCUT2D eigenvalue weighted by Gasteiger charge is 2.35. The Morgan fingerprint density at radius 3 is 2.91 bits per heavy atom. The second-order valence-electron chi connectivity index (χ2n) is 7.91. The van der Waals surface area contributed by atoms with Gasteiger partial charge in [0.2, 0.25) is 5.78 Å². The Bertz CT molecular complexity index is 1200. The van der Waals surface area contributed by atoms with Gasteiger partial charge < -0.3 is 14.2 Å². The van der Waals surface area contributed by atoms with Crippen LogP contribution in [0.3, 0.4) is 0 Å². The van der Waals surface area contributed by atoms with Crippen molar-refractivity contribution in [3.8, 4) is 17.2 Å². The Morgan fingerprint density at radius 2 is 2.09 bits per heavy atom. The Balaban J connectivity index is 1.47. The average Bonchev–Trinajstić information content (AvgIpc) is 3.13. The Kier molecular flexibility index (Phi) is 5.37. The lowest BCUT2D eigenvalue weighted by atomic mass is 9.98. The molecule has 2 aliphatic rings. The highest BCUT2D eigenvalue weighted by molar-refractivity contribution is 6.16. The lowest BCUT2D eigenvalue weighted by Gasteiger charge is -2.30. The summed E-state index contributed by atoms with van der Waals surface area (Å²) in [6.07, 6.45) is 5.38. The van der Waals surface area contributed by atoms with Gasteiger partial charge in [-0.2, -0.15) is 0 Å². The van der Waals surface area contributed by atoms with Gasteiger partial charge >= 0.3 is 0 Å². The molecule has 0 aliphatic carbocycles. The second kappa shape index (κ2) is 8.48. The fourth-order valence-electron chi connectivity index (χ4n) is 4.16. The molecule has 0 atom stereocenters. The molecular weight excluding hydrogens is 404 g/mol. The summed E-state index contributed by atoms with van der Waals surface area (Å²) >= 11 is 0. The van der Waals surface area contributed by atoms with E-state index in [1.807, 2.05) is 62.5 Å². The minimum absolute atomic E-state index is 0.115. The van der Waals surface area contributed by atoms with E-state index < -0.39 is 0 Å². The van der Waals surface area contributed by atoms with Gasteiger partial charge in [0, 0.05) is 31.0 Å². The van der Waals surface area contributed by atoms with Crippen molar-refractivity contribution in [2.75, 3.05) is 13.3 Å². The molecule has 0 radical (unpaired) electrons. The van der Waals surface area contributed by atoms with E-state index in [-0.39, 0.29) is 5.78 Å². The van der Waals surface area contributed by atoms with Crippen molar-refractivity contribution in [2.24, 2.45) is 0 Å². The summed E-state index contributed by atoms with van der Waals surface area (Å²) in [5.74, 6) is 2.28. The third kappa shape index (κ3) is 3.74. The summed E-state index contributed by atoms with van der Waals surface area (Å²) in [5, 5.41) is 0. The first-order valence-electron chi connectivity index (χ1n) is 10.7. The first-order chi connectivity index (χ1) is 15.6. The monoisotopic (exact) mass is 428 g/mol. The summed E-state index contributed by atoms with van der Waals surface area (Å²) < 4.78 is 17.9. The van der Waals surface area contributed by atoms with Crippen LogP contribution in [0.1, 0.15) is 39.5 Å². The summed E-state index contributed by atoms with van der Waals surface area (Å²) in [4.78, 5) is 19.6. The summed E-state index contributed by atoms with van der Waals surface area (Å²) in [6, 6.07) is 13.5. The quantitative estimate of drug-likeness (QED) is 0.546. The number of aryl methyl sites for hydroxylation is 1. The minimum Gasteiger partial charge on any atom is -0.493 e. The van der Waals surface area contributed by atoms with Crippen LogP contribution >= 0.6 is 0 Å². The van der Waals surface area contributed by atoms with Crippen molar-refractivity contribution in [2.45, 2.75) is 26.9 Å². The van der Waals surface area contributed by atoms with Gasteiger partial charge in [-0.25, -0.2) is 0 Å². The molecule has 0 saturated carbocycles. The maximum absolute atomic E-state index is 13.3. The van der Waals surface area contributed by atoms with Crippen LogP contribution in [0.15, 0.2) is 60.6 Å². The molecule has 0 fully saturated rings. The van der Waals surface area contributed by atoms with Crippen molar-refractivity contribution in [1.29, 1.82) is 0 Å². The standard InChI is InChI=1S/C26H24N2O4/c1-3-30-21-9-5-4-8-19(21)12-23-25(29)24-17(2)11-22-20(26(24)32-23)15-28(16-31-22)14-18-7-6-10-27-13-18/h4-13H,3,14-16H2,1-2H3/b23-12-. The number of aromatic nitrogens is 1. The number of ether oxygens (including phenoxy) is 3. The van der Waals surface area contributed by atoms with Crippen molar-refractivity contribution >= 4 is 11.9 Å². The molecular formula is C26H24N2O4. The fourth-order valence-corrected chi connectivity index (χ4v) is 4.16. The molecule has 1 aromatic heterocycles. The number of allylic oxidation sites excluding steroid dienone is 1. The van der Waals surface area contributed by atoms with Crippen molar-refractivity contribution in [3.63, 3.8) is 0 Å². The Labute approximate surface area is 187 Å². The molecule has 0 amide bonds. The number of carbonyl (C=O) groups is 1. The third-order valence-corrected chi connectivity index (χ3v) is 5.62. The number of pyridine rings is 1. The number of hydrogen-bond acceptors (Lipinski definition) is 6. The number of rotatable bonds is 5. The molecule has 162 valence electrons. The van der Waals surface area contributed by atoms with Gasteiger partial charge in [-0.3, -0.25) is 14.7 Å². The zero-order valence-corrected chi connectivity index (χ0v) is 18.1. The molecule has 6 heteroatoms. The lowest BCUT2D eigenvalue weighted by molar-refractivity contribution is 0.0871. The van der Waals surface area contributed by atoms with Crippen LogP contribution in [0, 0.1) is 6.92 Å². The molecule has 2 aromatic carbocycles. The number of para-hydroxylation sites is 1. The molecule has 0 saturated heterocycles. The van der Waals surface area contributed by atoms with Gasteiger partial charge in [-0.05, 0) is 49.2 Å². The fraction of sp³-hybridized carbons (Fsp3) is 0.231. The van der Waals surface area contributed by atoms with E-state index >= 15 is 0 Å². The molecule has 32 heavy (non-hydrogen) atoms. The van der Waals surface area contributed by atoms with E-state index in [0.717, 1.165) is 33.8 Å². The average molecular weight is 428 g/mol. The number of benzene rings is 2. The maximum atomic E-state index is 13.3. The highest BCUT2D eigenvalue weighted by atomic mass is 16.5. The molecule has 6 nitrogen and oxygen atoms in total. The molecule has 3 heterocycles. The van der Waals surface area contributed by atoms with Gasteiger partial charge in [0.15, 0.2) is 5.76 Å². The summed E-state index contributed by atoms with van der Waals surface area (Å²) in [6.45, 7) is 6.20. The van der Waals surface area contributed by atoms with Crippen molar-refractivity contribution < 1.29 is 19.0 Å². The van der Waals surface area contributed by atoms with Crippen molar-refractivity contribution in [1.82, 2.24) is 9.88 Å². The zero-order valence-electron chi connectivity index (χ0n) is 18.1. The topological polar surface area (TPSA) is 60.9 Å². The molecule has 2 aliphatic heterocycles. The third-order valence-electron chi connectivity index (χ3n) is 5.62. The molecule has 0 bridgehead atoms. The smallest absolute Gasteiger partial charge is 0.232 e. The molecule has 0 N–H and O–H groups in total. The predicted octanol–water partition coefficient (Wildman–Crippen LogP) is 4.76. The van der Waals surface area contributed by atoms with Crippen LogP contribution in [0.5, 0.6) is 17.2 Å². The van der Waals surface area contributed by atoms with Gasteiger partial charge in [-0.15, -0.1) is 0 Å². The maximum Gasteiger partial charge on any atom is 0.232 e. The van der Waals surface area contributed by atoms with E-state index in [1.54, 1.807) is 12.3 Å². The number of carbonyl (C=O) groups excluding carboxylic acids is 1. The van der Waals surface area contributed by atoms with Gasteiger partial charge in [-0.1, -0.05) is 24.3 Å². The first-order valence-corrected chi connectivity index (χ1v) is 10.7. The molecule has 3 aromatic rings. The lowest BCUT2D eigenvalue weighted by Crippen LogP contribution is -2.31. The van der Waals surface area contributed by atoms with Crippen molar-refractivity contribution in [3.05, 3.63) is 88.4 Å². The van der Waals surface area contributed by atoms with Gasteiger partial charge in [0.1, 0.15) is 24.0 Å². The Hall–Kier alpha value is -3.64. The largest absolute Gasteiger partial charge is 0.493 e. The van der Waals surface area contributed by atoms with Crippen LogP contribution in [-0.2, 0) is 13.1 Å². The number of fused-ring (bicyclic) bond motifs is 3. The highest BCUT2D eigenvalue weighted by Crippen LogP contribution is 2.44. The van der Waals surface area contributed by atoms with Gasteiger partial charge in [0.05, 0.1) is 17.7 Å². The first kappa shape index (κ1) is 20.3. The van der Waals surface area contributed by atoms with E-state index in [9.17, 15) is 4.79 Å². The second-order valence-corrected chi connectivity index (χ2v) is 7.91. The zero-order chi connectivity index (χ0) is 22.1. The number of hydrogen-bond donors (Lipinski definition) is 0. The summed E-state index contributed by atoms with van der Waals surface area (Å²) in [5.41, 5.74) is 4.28. The molecule has 0 unspecified atom stereocenters. The van der Waals surface area contributed by atoms with Crippen LogP contribution in [-0.4, -0.2) is 29.0 Å². The number of nitrogens with zero attached hydrogens (tertiary/aromatic N) is 2.